The van der Waals surface area contributed by atoms with Crippen molar-refractivity contribution in [3.63, 3.8) is 0 Å². The lowest BCUT2D eigenvalue weighted by Crippen LogP contribution is -2.30. The molecular weight excluding hydrogens is 256 g/mol. The van der Waals surface area contributed by atoms with Gasteiger partial charge in [-0.2, -0.15) is 0 Å². The fourth-order valence-corrected chi connectivity index (χ4v) is 2.14. The second-order valence-electron chi connectivity index (χ2n) is 4.58. The summed E-state index contributed by atoms with van der Waals surface area (Å²) >= 11 is 0. The molecule has 20 heavy (non-hydrogen) atoms. The molecule has 0 spiro atoms. The zero-order valence-corrected chi connectivity index (χ0v) is 11.0. The molecule has 0 atom stereocenters. The van der Waals surface area contributed by atoms with Crippen molar-refractivity contribution in [1.29, 1.82) is 0 Å². The van der Waals surface area contributed by atoms with E-state index in [2.05, 4.69) is 15.1 Å². The number of H-pyrrole nitrogens is 2. The van der Waals surface area contributed by atoms with Gasteiger partial charge in [-0.05, 0) is 5.56 Å². The first-order valence-electron chi connectivity index (χ1n) is 6.44. The van der Waals surface area contributed by atoms with E-state index in [1.807, 2.05) is 37.3 Å². The number of rotatable bonds is 3. The Bertz CT molecular complexity index is 858. The Morgan fingerprint density at radius 1 is 1.20 bits per heavy atom. The zero-order chi connectivity index (χ0) is 14.1. The zero-order valence-electron chi connectivity index (χ0n) is 11.0. The Labute approximate surface area is 114 Å². The lowest BCUT2D eigenvalue weighted by atomic mass is 10.2. The molecule has 0 unspecified atom stereocenters. The monoisotopic (exact) mass is 270 g/mol. The molecule has 1 aromatic carbocycles. The minimum atomic E-state index is -0.331. The fourth-order valence-electron chi connectivity index (χ4n) is 2.14. The SMILES string of the molecule is CCc1nc2c(=O)n(Cc3ccccc3)[nH]c(=O)c2[nH]1. The Morgan fingerprint density at radius 3 is 2.65 bits per heavy atom. The number of aromatic nitrogens is 4. The summed E-state index contributed by atoms with van der Waals surface area (Å²) in [6.07, 6.45) is 0.645. The van der Waals surface area contributed by atoms with E-state index in [4.69, 9.17) is 0 Å². The predicted molar refractivity (Wildman–Crippen MR) is 75.9 cm³/mol. The number of aromatic amines is 2. The van der Waals surface area contributed by atoms with Crippen molar-refractivity contribution in [1.82, 2.24) is 19.7 Å². The highest BCUT2D eigenvalue weighted by molar-refractivity contribution is 5.72. The third-order valence-corrected chi connectivity index (χ3v) is 3.18. The van der Waals surface area contributed by atoms with Crippen LogP contribution in [0.2, 0.25) is 0 Å². The maximum Gasteiger partial charge on any atom is 0.293 e. The van der Waals surface area contributed by atoms with Gasteiger partial charge >= 0.3 is 0 Å². The molecule has 6 nitrogen and oxygen atoms in total. The van der Waals surface area contributed by atoms with Crippen LogP contribution in [0.3, 0.4) is 0 Å². The molecule has 0 aliphatic rings. The van der Waals surface area contributed by atoms with Crippen LogP contribution < -0.4 is 11.1 Å². The summed E-state index contributed by atoms with van der Waals surface area (Å²) in [4.78, 5) is 31.4. The van der Waals surface area contributed by atoms with Crippen molar-refractivity contribution in [2.45, 2.75) is 19.9 Å². The molecule has 0 radical (unpaired) electrons. The highest BCUT2D eigenvalue weighted by atomic mass is 16.2. The van der Waals surface area contributed by atoms with Crippen molar-refractivity contribution < 1.29 is 0 Å². The van der Waals surface area contributed by atoms with Crippen LogP contribution in [-0.4, -0.2) is 19.7 Å². The molecule has 6 heteroatoms. The number of nitrogens with zero attached hydrogens (tertiary/aromatic N) is 2. The van der Waals surface area contributed by atoms with Gasteiger partial charge < -0.3 is 4.98 Å². The van der Waals surface area contributed by atoms with E-state index < -0.39 is 0 Å². The van der Waals surface area contributed by atoms with E-state index in [-0.39, 0.29) is 22.2 Å². The Balaban J connectivity index is 2.15. The molecule has 102 valence electrons. The second-order valence-corrected chi connectivity index (χ2v) is 4.58. The maximum atomic E-state index is 12.3. The second kappa shape index (κ2) is 4.80. The molecule has 3 rings (SSSR count). The van der Waals surface area contributed by atoms with E-state index in [1.54, 1.807) is 0 Å². The smallest absolute Gasteiger partial charge is 0.293 e. The van der Waals surface area contributed by atoms with Gasteiger partial charge in [0, 0.05) is 6.42 Å². The molecular formula is C14H14N4O2. The molecule has 3 aromatic rings. The number of fused-ring (bicyclic) bond motifs is 1. The number of hydrogen-bond acceptors (Lipinski definition) is 3. The number of aryl methyl sites for hydroxylation is 1. The molecule has 2 N–H and O–H groups in total. The molecule has 2 heterocycles. The van der Waals surface area contributed by atoms with E-state index in [9.17, 15) is 9.59 Å². The van der Waals surface area contributed by atoms with Crippen LogP contribution >= 0.6 is 0 Å². The van der Waals surface area contributed by atoms with E-state index in [0.29, 0.717) is 18.8 Å². The summed E-state index contributed by atoms with van der Waals surface area (Å²) in [6, 6.07) is 9.48. The van der Waals surface area contributed by atoms with Gasteiger partial charge in [0.2, 0.25) is 0 Å². The van der Waals surface area contributed by atoms with Crippen molar-refractivity contribution in [2.24, 2.45) is 0 Å². The highest BCUT2D eigenvalue weighted by Crippen LogP contribution is 2.03. The average Bonchev–Trinajstić information content (AvgIpc) is 2.91. The number of hydrogen-bond donors (Lipinski definition) is 2. The topological polar surface area (TPSA) is 83.5 Å². The molecule has 0 saturated carbocycles. The first-order chi connectivity index (χ1) is 9.69. The quantitative estimate of drug-likeness (QED) is 0.745. The summed E-state index contributed by atoms with van der Waals surface area (Å²) in [7, 11) is 0. The minimum Gasteiger partial charge on any atom is -0.337 e. The standard InChI is InChI=1S/C14H14N4O2/c1-2-10-15-11-12(16-10)14(20)18(17-13(11)19)8-9-6-4-3-5-7-9/h3-7H,2,8H2,1H3,(H,15,16)(H,17,19). The summed E-state index contributed by atoms with van der Waals surface area (Å²) in [5.74, 6) is 0.639. The van der Waals surface area contributed by atoms with Crippen LogP contribution in [0.25, 0.3) is 11.0 Å². The van der Waals surface area contributed by atoms with E-state index >= 15 is 0 Å². The van der Waals surface area contributed by atoms with Gasteiger partial charge in [-0.25, -0.2) is 9.67 Å². The van der Waals surface area contributed by atoms with Crippen molar-refractivity contribution >= 4 is 11.0 Å². The van der Waals surface area contributed by atoms with Gasteiger partial charge in [-0.15, -0.1) is 0 Å². The third kappa shape index (κ3) is 2.05. The first kappa shape index (κ1) is 12.4. The number of benzene rings is 1. The van der Waals surface area contributed by atoms with Gasteiger partial charge in [0.15, 0.2) is 5.52 Å². The van der Waals surface area contributed by atoms with Crippen molar-refractivity contribution in [3.05, 3.63) is 62.4 Å². The molecule has 0 saturated heterocycles. The highest BCUT2D eigenvalue weighted by Gasteiger charge is 2.12. The molecule has 0 aliphatic carbocycles. The summed E-state index contributed by atoms with van der Waals surface area (Å²) in [6.45, 7) is 2.23. The fraction of sp³-hybridized carbons (Fsp3) is 0.214. The van der Waals surface area contributed by atoms with Gasteiger partial charge in [0.05, 0.1) is 6.54 Å². The summed E-state index contributed by atoms with van der Waals surface area (Å²) in [5.41, 5.74) is 0.760. The van der Waals surface area contributed by atoms with Crippen molar-refractivity contribution in [3.8, 4) is 0 Å². The van der Waals surface area contributed by atoms with Gasteiger partial charge in [-0.3, -0.25) is 14.7 Å². The number of imidazole rings is 1. The Morgan fingerprint density at radius 2 is 1.95 bits per heavy atom. The van der Waals surface area contributed by atoms with Gasteiger partial charge in [-0.1, -0.05) is 37.3 Å². The van der Waals surface area contributed by atoms with Crippen LogP contribution in [0.1, 0.15) is 18.3 Å². The van der Waals surface area contributed by atoms with Crippen molar-refractivity contribution in [2.75, 3.05) is 0 Å². The molecule has 2 aromatic heterocycles. The Hall–Kier alpha value is -2.63. The van der Waals surface area contributed by atoms with Gasteiger partial charge in [0.25, 0.3) is 11.1 Å². The molecule has 0 fully saturated rings. The molecule has 0 bridgehead atoms. The van der Waals surface area contributed by atoms with Crippen LogP contribution in [0, 0.1) is 0 Å². The molecule has 0 aliphatic heterocycles. The average molecular weight is 270 g/mol. The van der Waals surface area contributed by atoms with Crippen LogP contribution in [0.15, 0.2) is 39.9 Å². The largest absolute Gasteiger partial charge is 0.337 e. The lowest BCUT2D eigenvalue weighted by Gasteiger charge is -2.04. The van der Waals surface area contributed by atoms with Crippen LogP contribution in [0.4, 0.5) is 0 Å². The number of nitrogens with one attached hydrogen (secondary N) is 2. The molecule has 0 amide bonds. The van der Waals surface area contributed by atoms with Gasteiger partial charge in [0.1, 0.15) is 11.3 Å². The van der Waals surface area contributed by atoms with E-state index in [1.165, 1.54) is 4.68 Å². The van der Waals surface area contributed by atoms with Crippen LogP contribution in [0.5, 0.6) is 0 Å². The summed E-state index contributed by atoms with van der Waals surface area (Å²) < 4.78 is 1.29. The lowest BCUT2D eigenvalue weighted by molar-refractivity contribution is 0.635. The normalized spacial score (nSPS) is 11.1. The predicted octanol–water partition coefficient (Wildman–Crippen LogP) is 1.02. The third-order valence-electron chi connectivity index (χ3n) is 3.18. The maximum absolute atomic E-state index is 12.3. The first-order valence-corrected chi connectivity index (χ1v) is 6.44. The minimum absolute atomic E-state index is 0.196. The Kier molecular flexibility index (Phi) is 2.98. The van der Waals surface area contributed by atoms with E-state index in [0.717, 1.165) is 5.56 Å². The van der Waals surface area contributed by atoms with Crippen LogP contribution in [-0.2, 0) is 13.0 Å². The summed E-state index contributed by atoms with van der Waals surface area (Å²) in [5, 5.41) is 2.58.